The Morgan fingerprint density at radius 1 is 0.304 bits per heavy atom. The molecule has 12 aromatic rings. The van der Waals surface area contributed by atoms with Gasteiger partial charge in [0.15, 0.2) is 0 Å². The first-order chi connectivity index (χ1) is 45.0. The highest BCUT2D eigenvalue weighted by molar-refractivity contribution is 6.32. The molecule has 464 valence electrons. The van der Waals surface area contributed by atoms with Gasteiger partial charge in [-0.2, -0.15) is 20.4 Å². The number of rotatable bonds is 4. The summed E-state index contributed by atoms with van der Waals surface area (Å²) in [6, 6.07) is 33.8. The Bertz CT molecular complexity index is 4190. The first-order valence-corrected chi connectivity index (χ1v) is 32.5. The standard InChI is InChI=1S/4C17H15ClN4O/c4*18-13-7-20-22-6-5-12(17(23)16(13)22)15-11-4-2-1-3-10(11)14-8-19-9-21(14)15/h4*1-4,7-9,12,15,17,23H,5-6H2/t2*12-,15+,17+;2*12-,15-,17+/m1010/s1. The van der Waals surface area contributed by atoms with Crippen LogP contribution in [0.4, 0.5) is 0 Å². The molecule has 12 atom stereocenters. The Morgan fingerprint density at radius 3 is 0.750 bits per heavy atom. The number of aryl methyl sites for hydroxylation is 4. The SMILES string of the molecule is O[C@@H]1c2c(Cl)cnn2CC[C@@H]1[C@@H]1c2ccccc2-c2cncn21.O[C@@H]1c2c(Cl)cnn2CC[C@@H]1[C@H]1c2ccccc2-c2cncn21.O[C@H]1c2c(Cl)cnn2CC[C@H]1[C@@H]1c2ccccc2-c2cncn21.O[C@H]1c2c(Cl)cnn2CC[C@H]1[C@H]1c2ccccc2-c2cncn21. The van der Waals surface area contributed by atoms with E-state index < -0.39 is 24.4 Å². The summed E-state index contributed by atoms with van der Waals surface area (Å²) < 4.78 is 16.0. The number of halogens is 4. The molecule has 0 spiro atoms. The topological polar surface area (TPSA) is 223 Å². The smallest absolute Gasteiger partial charge is 0.102 e. The maximum absolute atomic E-state index is 11.0. The molecule has 0 radical (unpaired) electrons. The van der Waals surface area contributed by atoms with Crippen LogP contribution in [-0.4, -0.2) is 97.8 Å². The van der Waals surface area contributed by atoms with Crippen LogP contribution < -0.4 is 0 Å². The van der Waals surface area contributed by atoms with Crippen LogP contribution in [0.1, 0.15) is 119 Å². The Kier molecular flexibility index (Phi) is 14.2. The van der Waals surface area contributed by atoms with Gasteiger partial charge in [-0.1, -0.05) is 143 Å². The summed E-state index contributed by atoms with van der Waals surface area (Å²) in [4.78, 5) is 17.2. The molecule has 0 amide bonds. The average molecular weight is 1310 g/mol. The Balaban J connectivity index is 0.0000000939. The van der Waals surface area contributed by atoms with Gasteiger partial charge in [0.1, 0.15) is 24.4 Å². The Labute approximate surface area is 547 Å². The van der Waals surface area contributed by atoms with E-state index in [0.29, 0.717) is 20.1 Å². The zero-order valence-corrected chi connectivity index (χ0v) is 52.2. The number of nitrogens with zero attached hydrogens (tertiary/aromatic N) is 16. The van der Waals surface area contributed by atoms with E-state index in [0.717, 1.165) is 97.4 Å². The fourth-order valence-corrected chi connectivity index (χ4v) is 17.5. The lowest BCUT2D eigenvalue weighted by Gasteiger charge is -2.34. The van der Waals surface area contributed by atoms with Crippen LogP contribution in [-0.2, 0) is 26.2 Å². The zero-order valence-electron chi connectivity index (χ0n) is 49.2. The molecule has 92 heavy (non-hydrogen) atoms. The molecule has 0 unspecified atom stereocenters. The van der Waals surface area contributed by atoms with Crippen molar-refractivity contribution in [3.63, 3.8) is 0 Å². The van der Waals surface area contributed by atoms with E-state index in [1.807, 2.05) is 93.1 Å². The molecule has 8 aliphatic rings. The number of aliphatic hydroxyl groups is 4. The molecule has 4 N–H and O–H groups in total. The second-order valence-corrected chi connectivity index (χ2v) is 26.5. The molecule has 0 bridgehead atoms. The van der Waals surface area contributed by atoms with Gasteiger partial charge < -0.3 is 38.7 Å². The molecule has 8 aliphatic heterocycles. The van der Waals surface area contributed by atoms with Crippen molar-refractivity contribution in [3.8, 4) is 45.0 Å². The number of fused-ring (bicyclic) bond motifs is 16. The number of benzene rings is 4. The van der Waals surface area contributed by atoms with Crippen molar-refractivity contribution < 1.29 is 20.4 Å². The minimum Gasteiger partial charge on any atom is -0.386 e. The zero-order chi connectivity index (χ0) is 62.2. The monoisotopic (exact) mass is 1300 g/mol. The van der Waals surface area contributed by atoms with E-state index in [4.69, 9.17) is 46.4 Å². The van der Waals surface area contributed by atoms with Crippen LogP contribution in [0.3, 0.4) is 0 Å². The third-order valence-corrected chi connectivity index (χ3v) is 21.6. The molecule has 16 heterocycles. The van der Waals surface area contributed by atoms with Crippen molar-refractivity contribution >= 4 is 46.4 Å². The highest BCUT2D eigenvalue weighted by Gasteiger charge is 2.46. The van der Waals surface area contributed by atoms with E-state index in [1.165, 1.54) is 44.5 Å². The lowest BCUT2D eigenvalue weighted by molar-refractivity contribution is 0.0524. The molecule has 8 aromatic heterocycles. The predicted octanol–water partition coefficient (Wildman–Crippen LogP) is 12.2. The fraction of sp³-hybridized carbons (Fsp3) is 0.294. The molecule has 0 aliphatic carbocycles. The van der Waals surface area contributed by atoms with Gasteiger partial charge >= 0.3 is 0 Å². The van der Waals surface area contributed by atoms with Gasteiger partial charge in [0.05, 0.1) is 165 Å². The number of aliphatic hydroxyl groups excluding tert-OH is 4. The predicted molar refractivity (Wildman–Crippen MR) is 344 cm³/mol. The van der Waals surface area contributed by atoms with Gasteiger partial charge in [-0.05, 0) is 47.9 Å². The molecular formula is C68H60Cl4N16O4. The quantitative estimate of drug-likeness (QED) is 0.129. The van der Waals surface area contributed by atoms with Crippen molar-refractivity contribution in [2.45, 2.75) is 100 Å². The van der Waals surface area contributed by atoms with Crippen LogP contribution in [0.2, 0.25) is 20.1 Å². The first kappa shape index (κ1) is 57.5. The summed E-state index contributed by atoms with van der Waals surface area (Å²) in [5.41, 5.74) is 17.2. The number of aromatic nitrogens is 16. The molecule has 0 saturated carbocycles. The highest BCUT2D eigenvalue weighted by Crippen LogP contribution is 2.54. The van der Waals surface area contributed by atoms with Gasteiger partial charge in [-0.3, -0.25) is 18.7 Å². The van der Waals surface area contributed by atoms with Crippen molar-refractivity contribution in [2.75, 3.05) is 0 Å². The minimum absolute atomic E-state index is 0.0494. The van der Waals surface area contributed by atoms with Crippen LogP contribution >= 0.6 is 46.4 Å². The largest absolute Gasteiger partial charge is 0.386 e. The summed E-state index contributed by atoms with van der Waals surface area (Å²) in [6.07, 6.45) is 22.4. The highest BCUT2D eigenvalue weighted by atomic mass is 35.5. The van der Waals surface area contributed by atoms with Crippen LogP contribution in [0.15, 0.2) is 172 Å². The van der Waals surface area contributed by atoms with Crippen LogP contribution in [0.25, 0.3) is 45.0 Å². The summed E-state index contributed by atoms with van der Waals surface area (Å²) in [5.74, 6) is 0.197. The van der Waals surface area contributed by atoms with Gasteiger partial charge in [-0.15, -0.1) is 0 Å². The summed E-state index contributed by atoms with van der Waals surface area (Å²) in [5, 5.41) is 63.0. The molecule has 4 aromatic carbocycles. The average Bonchev–Trinajstić information content (AvgIpc) is 1.93. The number of hydrogen-bond acceptors (Lipinski definition) is 12. The molecular weight excluding hydrogens is 1250 g/mol. The van der Waals surface area contributed by atoms with E-state index in [9.17, 15) is 20.4 Å². The maximum Gasteiger partial charge on any atom is 0.102 e. The van der Waals surface area contributed by atoms with Crippen molar-refractivity contribution in [3.05, 3.63) is 237 Å². The Hall–Kier alpha value is -8.44. The fourth-order valence-electron chi connectivity index (χ4n) is 16.5. The number of hydrogen-bond donors (Lipinski definition) is 4. The van der Waals surface area contributed by atoms with Crippen LogP contribution in [0.5, 0.6) is 0 Å². The summed E-state index contributed by atoms with van der Waals surface area (Å²) in [7, 11) is 0. The third kappa shape index (κ3) is 8.92. The summed E-state index contributed by atoms with van der Waals surface area (Å²) in [6.45, 7) is 3.08. The normalized spacial score (nSPS) is 25.0. The number of imidazole rings is 4. The summed E-state index contributed by atoms with van der Waals surface area (Å²) >= 11 is 25.0. The van der Waals surface area contributed by atoms with Crippen molar-refractivity contribution in [1.29, 1.82) is 0 Å². The maximum atomic E-state index is 11.0. The van der Waals surface area contributed by atoms with E-state index >= 15 is 0 Å². The first-order valence-electron chi connectivity index (χ1n) is 31.0. The van der Waals surface area contributed by atoms with E-state index in [-0.39, 0.29) is 47.8 Å². The van der Waals surface area contributed by atoms with Crippen molar-refractivity contribution in [2.24, 2.45) is 23.7 Å². The molecule has 24 heteroatoms. The third-order valence-electron chi connectivity index (χ3n) is 20.5. The Morgan fingerprint density at radius 2 is 0.522 bits per heavy atom. The minimum atomic E-state index is -0.634. The molecule has 0 fully saturated rings. The van der Waals surface area contributed by atoms with Gasteiger partial charge in [0.2, 0.25) is 0 Å². The lowest BCUT2D eigenvalue weighted by Crippen LogP contribution is -2.31. The second kappa shape index (κ2) is 22.7. The second-order valence-electron chi connectivity index (χ2n) is 24.9. The van der Waals surface area contributed by atoms with E-state index in [2.05, 4.69) is 131 Å². The molecule has 20 nitrogen and oxygen atoms in total. The molecule has 0 saturated heterocycles. The van der Waals surface area contributed by atoms with Crippen LogP contribution in [0, 0.1) is 23.7 Å². The van der Waals surface area contributed by atoms with E-state index in [1.54, 1.807) is 24.8 Å². The van der Waals surface area contributed by atoms with Gasteiger partial charge in [0.25, 0.3) is 0 Å². The van der Waals surface area contributed by atoms with Gasteiger partial charge in [-0.25, -0.2) is 19.9 Å². The lowest BCUT2D eigenvalue weighted by atomic mass is 9.83. The molecule has 20 rings (SSSR count). The van der Waals surface area contributed by atoms with Crippen molar-refractivity contribution in [1.82, 2.24) is 77.3 Å². The van der Waals surface area contributed by atoms with Gasteiger partial charge in [0, 0.05) is 72.1 Å².